The van der Waals surface area contributed by atoms with Crippen molar-refractivity contribution in [3.8, 4) is 0 Å². The molecule has 0 fully saturated rings. The van der Waals surface area contributed by atoms with E-state index in [9.17, 15) is 22.8 Å². The third-order valence-corrected chi connectivity index (χ3v) is 3.46. The molecule has 0 heterocycles. The van der Waals surface area contributed by atoms with Gasteiger partial charge in [0.2, 0.25) is 0 Å². The van der Waals surface area contributed by atoms with Gasteiger partial charge in [0.25, 0.3) is 5.91 Å². The summed E-state index contributed by atoms with van der Waals surface area (Å²) in [7, 11) is 0. The van der Waals surface area contributed by atoms with Gasteiger partial charge in [-0.3, -0.25) is 9.59 Å². The number of halogens is 4. The molecule has 4 nitrogen and oxygen atoms in total. The highest BCUT2D eigenvalue weighted by atomic mass is 79.9. The zero-order chi connectivity index (χ0) is 15.5. The monoisotopic (exact) mass is 353 g/mol. The first-order chi connectivity index (χ1) is 9.11. The number of amides is 1. The second-order valence-electron chi connectivity index (χ2n) is 4.11. The summed E-state index contributed by atoms with van der Waals surface area (Å²) in [6.07, 6.45) is -4.67. The number of benzene rings is 1. The minimum atomic E-state index is -4.67. The van der Waals surface area contributed by atoms with Crippen molar-refractivity contribution in [3.05, 3.63) is 33.8 Å². The van der Waals surface area contributed by atoms with Crippen molar-refractivity contribution in [2.45, 2.75) is 13.1 Å². The number of carboxylic acids is 1. The van der Waals surface area contributed by atoms with Gasteiger partial charge in [-0.25, -0.2) is 0 Å². The van der Waals surface area contributed by atoms with E-state index >= 15 is 0 Å². The quantitative estimate of drug-likeness (QED) is 0.905. The summed E-state index contributed by atoms with van der Waals surface area (Å²) in [6, 6.07) is 4.52. The number of rotatable bonds is 4. The molecule has 1 rings (SSSR count). The van der Waals surface area contributed by atoms with Gasteiger partial charge in [0.1, 0.15) is 13.1 Å². The third-order valence-electron chi connectivity index (χ3n) is 2.41. The molecule has 0 saturated carbocycles. The molecule has 0 bridgehead atoms. The van der Waals surface area contributed by atoms with Crippen LogP contribution in [0.4, 0.5) is 13.2 Å². The van der Waals surface area contributed by atoms with Crippen molar-refractivity contribution in [2.24, 2.45) is 0 Å². The van der Waals surface area contributed by atoms with E-state index in [0.717, 1.165) is 0 Å². The van der Waals surface area contributed by atoms with Gasteiger partial charge in [-0.2, -0.15) is 13.2 Å². The number of carboxylic acid groups (broad SMARTS) is 1. The highest BCUT2D eigenvalue weighted by Gasteiger charge is 2.34. The molecule has 0 saturated heterocycles. The van der Waals surface area contributed by atoms with Crippen LogP contribution in [-0.4, -0.2) is 41.1 Å². The first-order valence-electron chi connectivity index (χ1n) is 5.44. The standard InChI is InChI=1S/C12H11BrF3NO3/c1-7-3-2-4-8(10(7)13)11(20)17(5-9(18)19)6-12(14,15)16/h2-4H,5-6H2,1H3,(H,18,19). The minimum Gasteiger partial charge on any atom is -0.480 e. The van der Waals surface area contributed by atoms with Gasteiger partial charge in [-0.15, -0.1) is 0 Å². The Balaban J connectivity index is 3.10. The number of hydrogen-bond donors (Lipinski definition) is 1. The molecule has 1 aromatic carbocycles. The van der Waals surface area contributed by atoms with E-state index in [1.807, 2.05) is 0 Å². The predicted molar refractivity (Wildman–Crippen MR) is 68.5 cm³/mol. The van der Waals surface area contributed by atoms with Crippen LogP contribution in [-0.2, 0) is 4.79 Å². The topological polar surface area (TPSA) is 57.6 Å². The molecule has 0 aromatic heterocycles. The number of aryl methyl sites for hydroxylation is 1. The van der Waals surface area contributed by atoms with Crippen molar-refractivity contribution in [1.29, 1.82) is 0 Å². The molecule has 0 unspecified atom stereocenters. The number of carbonyl (C=O) groups excluding carboxylic acids is 1. The van der Waals surface area contributed by atoms with E-state index < -0.39 is 31.1 Å². The Kier molecular flexibility index (Phi) is 5.15. The Morgan fingerprint density at radius 2 is 1.95 bits per heavy atom. The van der Waals surface area contributed by atoms with E-state index in [1.165, 1.54) is 12.1 Å². The molecule has 0 atom stereocenters. The van der Waals surface area contributed by atoms with Crippen molar-refractivity contribution >= 4 is 27.8 Å². The van der Waals surface area contributed by atoms with Gasteiger partial charge in [0, 0.05) is 4.47 Å². The maximum absolute atomic E-state index is 12.4. The smallest absolute Gasteiger partial charge is 0.406 e. The lowest BCUT2D eigenvalue weighted by molar-refractivity contribution is -0.149. The van der Waals surface area contributed by atoms with E-state index in [-0.39, 0.29) is 10.5 Å². The number of aliphatic carboxylic acids is 1. The number of hydrogen-bond acceptors (Lipinski definition) is 2. The molecule has 1 amide bonds. The average molecular weight is 354 g/mol. The molecule has 0 aliphatic carbocycles. The van der Waals surface area contributed by atoms with Crippen LogP contribution < -0.4 is 0 Å². The van der Waals surface area contributed by atoms with Crippen LogP contribution in [0.1, 0.15) is 15.9 Å². The largest absolute Gasteiger partial charge is 0.480 e. The number of nitrogens with zero attached hydrogens (tertiary/aromatic N) is 1. The fourth-order valence-electron chi connectivity index (χ4n) is 1.56. The van der Waals surface area contributed by atoms with E-state index in [2.05, 4.69) is 15.9 Å². The molecule has 0 aliphatic rings. The van der Waals surface area contributed by atoms with Crippen molar-refractivity contribution in [1.82, 2.24) is 4.90 Å². The van der Waals surface area contributed by atoms with Crippen LogP contribution in [0.15, 0.2) is 22.7 Å². The van der Waals surface area contributed by atoms with Crippen LogP contribution in [0.5, 0.6) is 0 Å². The zero-order valence-corrected chi connectivity index (χ0v) is 12.0. The highest BCUT2D eigenvalue weighted by Crippen LogP contribution is 2.24. The van der Waals surface area contributed by atoms with E-state index in [0.29, 0.717) is 10.0 Å². The average Bonchev–Trinajstić information content (AvgIpc) is 2.28. The maximum Gasteiger partial charge on any atom is 0.406 e. The van der Waals surface area contributed by atoms with Crippen LogP contribution in [0, 0.1) is 6.92 Å². The normalized spacial score (nSPS) is 11.2. The molecular formula is C12H11BrF3NO3. The van der Waals surface area contributed by atoms with Crippen molar-refractivity contribution < 1.29 is 27.9 Å². The number of carbonyl (C=O) groups is 2. The Morgan fingerprint density at radius 1 is 1.35 bits per heavy atom. The Hall–Kier alpha value is -1.57. The van der Waals surface area contributed by atoms with Gasteiger partial charge >= 0.3 is 12.1 Å². The van der Waals surface area contributed by atoms with E-state index in [4.69, 9.17) is 5.11 Å². The molecule has 1 N–H and O–H groups in total. The Bertz CT molecular complexity index is 531. The molecule has 110 valence electrons. The molecule has 8 heteroatoms. The predicted octanol–water partition coefficient (Wildman–Crippen LogP) is 2.85. The second kappa shape index (κ2) is 6.25. The summed E-state index contributed by atoms with van der Waals surface area (Å²) < 4.78 is 37.6. The van der Waals surface area contributed by atoms with Crippen molar-refractivity contribution in [3.63, 3.8) is 0 Å². The summed E-state index contributed by atoms with van der Waals surface area (Å²) in [4.78, 5) is 22.9. The van der Waals surface area contributed by atoms with Crippen LogP contribution >= 0.6 is 15.9 Å². The first kappa shape index (κ1) is 16.5. The van der Waals surface area contributed by atoms with Crippen LogP contribution in [0.25, 0.3) is 0 Å². The van der Waals surface area contributed by atoms with Crippen LogP contribution in [0.2, 0.25) is 0 Å². The summed E-state index contributed by atoms with van der Waals surface area (Å²) >= 11 is 3.12. The zero-order valence-electron chi connectivity index (χ0n) is 10.4. The van der Waals surface area contributed by atoms with Gasteiger partial charge in [0.05, 0.1) is 5.56 Å². The van der Waals surface area contributed by atoms with Gasteiger partial charge in [-0.05, 0) is 34.5 Å². The Morgan fingerprint density at radius 3 is 2.45 bits per heavy atom. The molecule has 0 radical (unpaired) electrons. The highest BCUT2D eigenvalue weighted by molar-refractivity contribution is 9.10. The first-order valence-corrected chi connectivity index (χ1v) is 6.24. The SMILES string of the molecule is Cc1cccc(C(=O)N(CC(=O)O)CC(F)(F)F)c1Br. The van der Waals surface area contributed by atoms with E-state index in [1.54, 1.807) is 13.0 Å². The lowest BCUT2D eigenvalue weighted by atomic mass is 10.1. The van der Waals surface area contributed by atoms with Crippen molar-refractivity contribution in [2.75, 3.05) is 13.1 Å². The Labute approximate surface area is 121 Å². The summed E-state index contributed by atoms with van der Waals surface area (Å²) in [5.41, 5.74) is 0.661. The third kappa shape index (κ3) is 4.52. The lowest BCUT2D eigenvalue weighted by Gasteiger charge is -2.23. The lowest BCUT2D eigenvalue weighted by Crippen LogP contribution is -2.42. The maximum atomic E-state index is 12.4. The molecule has 0 spiro atoms. The fraction of sp³-hybridized carbons (Fsp3) is 0.333. The number of alkyl halides is 3. The fourth-order valence-corrected chi connectivity index (χ4v) is 2.00. The summed E-state index contributed by atoms with van der Waals surface area (Å²) in [5.74, 6) is -2.49. The summed E-state index contributed by atoms with van der Waals surface area (Å²) in [6.45, 7) is -0.955. The summed E-state index contributed by atoms with van der Waals surface area (Å²) in [5, 5.41) is 8.63. The van der Waals surface area contributed by atoms with Gasteiger partial charge < -0.3 is 10.0 Å². The molecule has 1 aromatic rings. The minimum absolute atomic E-state index is 0.00417. The van der Waals surface area contributed by atoms with Gasteiger partial charge in [0.15, 0.2) is 0 Å². The molecule has 20 heavy (non-hydrogen) atoms. The molecular weight excluding hydrogens is 343 g/mol. The second-order valence-corrected chi connectivity index (χ2v) is 4.90. The molecule has 0 aliphatic heterocycles. The van der Waals surface area contributed by atoms with Gasteiger partial charge in [-0.1, -0.05) is 12.1 Å². The van der Waals surface area contributed by atoms with Crippen LogP contribution in [0.3, 0.4) is 0 Å².